The van der Waals surface area contributed by atoms with Crippen molar-refractivity contribution in [3.8, 4) is 28.6 Å². The minimum atomic E-state index is 0.136. The molecule has 1 aliphatic heterocycles. The molecule has 34 heavy (non-hydrogen) atoms. The molecule has 0 atom stereocenters. The van der Waals surface area contributed by atoms with Gasteiger partial charge in [-0.25, -0.2) is 0 Å². The van der Waals surface area contributed by atoms with E-state index in [0.717, 1.165) is 48.7 Å². The fourth-order valence-electron chi connectivity index (χ4n) is 3.85. The number of thioether (sulfide) groups is 1. The van der Waals surface area contributed by atoms with Crippen LogP contribution < -0.4 is 4.74 Å². The lowest BCUT2D eigenvalue weighted by molar-refractivity contribution is -0.127. The highest BCUT2D eigenvalue weighted by molar-refractivity contribution is 7.99. The van der Waals surface area contributed by atoms with Crippen molar-refractivity contribution in [3.63, 3.8) is 0 Å². The molecule has 3 aromatic carbocycles. The third kappa shape index (κ3) is 5.11. The maximum Gasteiger partial charge on any atom is 0.233 e. The fraction of sp³-hybridized carbons (Fsp3) is 0.192. The minimum absolute atomic E-state index is 0.136. The zero-order valence-corrected chi connectivity index (χ0v) is 20.0. The molecule has 1 fully saturated rings. The van der Waals surface area contributed by atoms with Gasteiger partial charge in [0.1, 0.15) is 11.5 Å². The minimum Gasteiger partial charge on any atom is -0.457 e. The number of carbonyl (C=O) groups excluding carboxylic acids is 1. The lowest BCUT2D eigenvalue weighted by atomic mass is 10.2. The Bertz CT molecular complexity index is 1250. The van der Waals surface area contributed by atoms with Crippen molar-refractivity contribution in [2.75, 3.05) is 18.8 Å². The van der Waals surface area contributed by atoms with Gasteiger partial charge in [0.25, 0.3) is 0 Å². The van der Waals surface area contributed by atoms with Crippen molar-refractivity contribution in [1.29, 1.82) is 0 Å². The zero-order chi connectivity index (χ0) is 23.3. The zero-order valence-electron chi connectivity index (χ0n) is 18.4. The van der Waals surface area contributed by atoms with E-state index in [4.69, 9.17) is 16.3 Å². The number of ether oxygens (including phenoxy) is 1. The maximum atomic E-state index is 12.6. The van der Waals surface area contributed by atoms with Crippen molar-refractivity contribution in [1.82, 2.24) is 19.7 Å². The maximum absolute atomic E-state index is 12.6. The first-order valence-electron chi connectivity index (χ1n) is 11.1. The van der Waals surface area contributed by atoms with Gasteiger partial charge in [-0.3, -0.25) is 9.36 Å². The molecule has 0 saturated carbocycles. The molecule has 1 amide bonds. The second-order valence-corrected chi connectivity index (χ2v) is 9.31. The average molecular weight is 491 g/mol. The molecular formula is C26H23ClN4O2S. The van der Waals surface area contributed by atoms with Crippen LogP contribution in [0.3, 0.4) is 0 Å². The molecule has 8 heteroatoms. The summed E-state index contributed by atoms with van der Waals surface area (Å²) in [4.78, 5) is 14.5. The van der Waals surface area contributed by atoms with Gasteiger partial charge in [-0.1, -0.05) is 41.6 Å². The first kappa shape index (κ1) is 22.5. The van der Waals surface area contributed by atoms with E-state index < -0.39 is 0 Å². The molecule has 5 rings (SSSR count). The summed E-state index contributed by atoms with van der Waals surface area (Å²) >= 11 is 7.49. The monoisotopic (exact) mass is 490 g/mol. The quantitative estimate of drug-likeness (QED) is 0.293. The Morgan fingerprint density at radius 3 is 2.26 bits per heavy atom. The Morgan fingerprint density at radius 1 is 0.882 bits per heavy atom. The fourth-order valence-corrected chi connectivity index (χ4v) is 4.83. The molecule has 6 nitrogen and oxygen atoms in total. The van der Waals surface area contributed by atoms with E-state index in [1.165, 1.54) is 11.8 Å². The van der Waals surface area contributed by atoms with Gasteiger partial charge in [-0.05, 0) is 73.5 Å². The van der Waals surface area contributed by atoms with Crippen molar-refractivity contribution in [2.45, 2.75) is 18.0 Å². The molecular weight excluding hydrogens is 468 g/mol. The summed E-state index contributed by atoms with van der Waals surface area (Å²) in [5.41, 5.74) is 1.77. The SMILES string of the molecule is O=C(CSc1nnc(-c2ccc(Cl)cc2)n1-c1ccc(Oc2ccccc2)cc1)N1CCCC1. The number of benzene rings is 3. The van der Waals surface area contributed by atoms with Crippen LogP contribution in [0.2, 0.25) is 5.02 Å². The van der Waals surface area contributed by atoms with Crippen molar-refractivity contribution in [3.05, 3.63) is 83.9 Å². The Morgan fingerprint density at radius 2 is 1.56 bits per heavy atom. The molecule has 1 aliphatic rings. The number of nitrogens with zero attached hydrogens (tertiary/aromatic N) is 4. The first-order valence-corrected chi connectivity index (χ1v) is 12.5. The van der Waals surface area contributed by atoms with E-state index in [0.29, 0.717) is 21.8 Å². The van der Waals surface area contributed by atoms with Crippen LogP contribution in [0.5, 0.6) is 11.5 Å². The smallest absolute Gasteiger partial charge is 0.233 e. The highest BCUT2D eigenvalue weighted by atomic mass is 35.5. The largest absolute Gasteiger partial charge is 0.457 e. The molecule has 1 aromatic heterocycles. The Balaban J connectivity index is 1.43. The molecule has 0 unspecified atom stereocenters. The van der Waals surface area contributed by atoms with Gasteiger partial charge in [0.15, 0.2) is 11.0 Å². The Labute approximate surface area is 207 Å². The molecule has 172 valence electrons. The summed E-state index contributed by atoms with van der Waals surface area (Å²) < 4.78 is 7.90. The summed E-state index contributed by atoms with van der Waals surface area (Å²) in [5.74, 6) is 2.65. The van der Waals surface area contributed by atoms with Gasteiger partial charge in [-0.2, -0.15) is 0 Å². The number of rotatable bonds is 7. The van der Waals surface area contributed by atoms with Crippen molar-refractivity contribution in [2.24, 2.45) is 0 Å². The number of amides is 1. The van der Waals surface area contributed by atoms with Crippen molar-refractivity contribution >= 4 is 29.3 Å². The van der Waals surface area contributed by atoms with E-state index in [9.17, 15) is 4.79 Å². The summed E-state index contributed by atoms with van der Waals surface area (Å²) in [6.45, 7) is 1.68. The molecule has 0 spiro atoms. The molecule has 4 aromatic rings. The van der Waals surface area contributed by atoms with Crippen LogP contribution in [0.1, 0.15) is 12.8 Å². The third-order valence-corrected chi connectivity index (χ3v) is 6.76. The number of carbonyl (C=O) groups is 1. The number of hydrogen-bond donors (Lipinski definition) is 0. The second-order valence-electron chi connectivity index (χ2n) is 7.93. The number of hydrogen-bond acceptors (Lipinski definition) is 5. The van der Waals surface area contributed by atoms with Gasteiger partial charge < -0.3 is 9.64 Å². The van der Waals surface area contributed by atoms with Crippen LogP contribution >= 0.6 is 23.4 Å². The first-order chi connectivity index (χ1) is 16.7. The lowest BCUT2D eigenvalue weighted by Crippen LogP contribution is -2.29. The number of aromatic nitrogens is 3. The molecule has 0 N–H and O–H groups in total. The van der Waals surface area contributed by atoms with E-state index in [2.05, 4.69) is 10.2 Å². The predicted octanol–water partition coefficient (Wildman–Crippen LogP) is 6.09. The van der Waals surface area contributed by atoms with Crippen LogP contribution in [-0.2, 0) is 4.79 Å². The van der Waals surface area contributed by atoms with E-state index in [-0.39, 0.29) is 5.91 Å². The summed E-state index contributed by atoms with van der Waals surface area (Å²) in [6.07, 6.45) is 2.15. The Kier molecular flexibility index (Phi) is 6.83. The normalized spacial score (nSPS) is 13.3. The molecule has 1 saturated heterocycles. The van der Waals surface area contributed by atoms with Gasteiger partial charge in [-0.15, -0.1) is 10.2 Å². The standard InChI is InChI=1S/C26H23ClN4O2S/c27-20-10-8-19(9-11-20)25-28-29-26(34-18-24(32)30-16-4-5-17-30)31(25)21-12-14-23(15-13-21)33-22-6-2-1-3-7-22/h1-3,6-15H,4-5,16-18H2. The van der Waals surface area contributed by atoms with Gasteiger partial charge >= 0.3 is 0 Å². The molecule has 0 radical (unpaired) electrons. The third-order valence-electron chi connectivity index (χ3n) is 5.59. The van der Waals surface area contributed by atoms with Crippen LogP contribution in [0, 0.1) is 0 Å². The topological polar surface area (TPSA) is 60.3 Å². The molecule has 0 aliphatic carbocycles. The van der Waals surface area contributed by atoms with E-state index >= 15 is 0 Å². The average Bonchev–Trinajstić information content (AvgIpc) is 3.55. The van der Waals surface area contributed by atoms with E-state index in [1.807, 2.05) is 88.3 Å². The van der Waals surface area contributed by atoms with Crippen molar-refractivity contribution < 1.29 is 9.53 Å². The lowest BCUT2D eigenvalue weighted by Gasteiger charge is -2.15. The number of halogens is 1. The summed E-state index contributed by atoms with van der Waals surface area (Å²) in [7, 11) is 0. The number of para-hydroxylation sites is 1. The number of likely N-dealkylation sites (tertiary alicyclic amines) is 1. The molecule has 0 bridgehead atoms. The van der Waals surface area contributed by atoms with Crippen LogP contribution in [0.25, 0.3) is 17.1 Å². The highest BCUT2D eigenvalue weighted by Crippen LogP contribution is 2.30. The van der Waals surface area contributed by atoms with Crippen LogP contribution in [0.4, 0.5) is 0 Å². The van der Waals surface area contributed by atoms with Gasteiger partial charge in [0.05, 0.1) is 5.75 Å². The highest BCUT2D eigenvalue weighted by Gasteiger charge is 2.21. The Hall–Kier alpha value is -3.29. The van der Waals surface area contributed by atoms with Crippen LogP contribution in [0.15, 0.2) is 84.0 Å². The molecule has 2 heterocycles. The summed E-state index contributed by atoms with van der Waals surface area (Å²) in [5, 5.41) is 10.2. The summed E-state index contributed by atoms with van der Waals surface area (Å²) in [6, 6.07) is 24.9. The van der Waals surface area contributed by atoms with Crippen LogP contribution in [-0.4, -0.2) is 44.4 Å². The van der Waals surface area contributed by atoms with Gasteiger partial charge in [0.2, 0.25) is 5.91 Å². The predicted molar refractivity (Wildman–Crippen MR) is 135 cm³/mol. The van der Waals surface area contributed by atoms with Gasteiger partial charge in [0, 0.05) is 29.4 Å². The van der Waals surface area contributed by atoms with E-state index in [1.54, 1.807) is 0 Å². The second kappa shape index (κ2) is 10.3.